The van der Waals surface area contributed by atoms with Crippen LogP contribution in [0.25, 0.3) is 5.57 Å². The molecule has 0 heterocycles. The fraction of sp³-hybridized carbons (Fsp3) is 0.136. The summed E-state index contributed by atoms with van der Waals surface area (Å²) in [6, 6.07) is 14.2. The molecular formula is C22H22N2O3. The molecule has 0 saturated carbocycles. The fourth-order valence-electron chi connectivity index (χ4n) is 2.51. The highest BCUT2D eigenvalue weighted by atomic mass is 16.4. The second-order valence-electron chi connectivity index (χ2n) is 5.79. The summed E-state index contributed by atoms with van der Waals surface area (Å²) < 4.78 is 0. The number of allylic oxidation sites excluding steroid dienone is 2. The lowest BCUT2D eigenvalue weighted by Crippen LogP contribution is -2.15. The number of hydrogen-bond acceptors (Lipinski definition) is 3. The van der Waals surface area contributed by atoms with E-state index in [0.717, 1.165) is 16.7 Å². The molecule has 0 aromatic heterocycles. The highest BCUT2D eigenvalue weighted by Gasteiger charge is 2.11. The maximum absolute atomic E-state index is 12.2. The number of benzene rings is 2. The largest absolute Gasteiger partial charge is 0.478 e. The van der Waals surface area contributed by atoms with Crippen LogP contribution in [-0.4, -0.2) is 23.2 Å². The van der Waals surface area contributed by atoms with Gasteiger partial charge in [-0.3, -0.25) is 9.79 Å². The summed E-state index contributed by atoms with van der Waals surface area (Å²) in [5, 5.41) is 11.8. The van der Waals surface area contributed by atoms with Crippen molar-refractivity contribution < 1.29 is 14.7 Å². The molecule has 5 nitrogen and oxygen atoms in total. The van der Waals surface area contributed by atoms with Crippen molar-refractivity contribution in [2.45, 2.75) is 19.8 Å². The van der Waals surface area contributed by atoms with Crippen molar-refractivity contribution in [3.8, 4) is 0 Å². The van der Waals surface area contributed by atoms with Crippen molar-refractivity contribution in [1.82, 2.24) is 0 Å². The van der Waals surface area contributed by atoms with Crippen LogP contribution in [0.5, 0.6) is 0 Å². The van der Waals surface area contributed by atoms with Crippen molar-refractivity contribution in [2.75, 3.05) is 5.32 Å². The van der Waals surface area contributed by atoms with Gasteiger partial charge in [0.15, 0.2) is 0 Å². The average molecular weight is 362 g/mol. The Morgan fingerprint density at radius 3 is 2.48 bits per heavy atom. The molecule has 2 rings (SSSR count). The summed E-state index contributed by atoms with van der Waals surface area (Å²) in [6.07, 6.45) is 6.02. The molecule has 0 radical (unpaired) electrons. The van der Waals surface area contributed by atoms with Gasteiger partial charge < -0.3 is 10.4 Å². The lowest BCUT2D eigenvalue weighted by molar-refractivity contribution is -0.116. The molecule has 0 fully saturated rings. The van der Waals surface area contributed by atoms with E-state index in [1.165, 1.54) is 6.07 Å². The number of amides is 1. The van der Waals surface area contributed by atoms with Gasteiger partial charge >= 0.3 is 5.97 Å². The number of nitrogens with one attached hydrogen (secondary N) is 1. The van der Waals surface area contributed by atoms with E-state index < -0.39 is 5.97 Å². The minimum absolute atomic E-state index is 0.0775. The monoisotopic (exact) mass is 362 g/mol. The molecular weight excluding hydrogens is 340 g/mol. The molecule has 27 heavy (non-hydrogen) atoms. The normalized spacial score (nSPS) is 11.4. The molecule has 2 N–H and O–H groups in total. The number of aryl methyl sites for hydroxylation is 1. The second kappa shape index (κ2) is 9.87. The van der Waals surface area contributed by atoms with Crippen LogP contribution < -0.4 is 5.32 Å². The summed E-state index contributed by atoms with van der Waals surface area (Å²) in [5.41, 5.74) is 3.32. The fourth-order valence-corrected chi connectivity index (χ4v) is 2.51. The molecule has 138 valence electrons. The van der Waals surface area contributed by atoms with Crippen LogP contribution in [0.4, 0.5) is 5.69 Å². The van der Waals surface area contributed by atoms with Gasteiger partial charge in [-0.1, -0.05) is 49.1 Å². The van der Waals surface area contributed by atoms with E-state index in [2.05, 4.69) is 16.9 Å². The smallest absolute Gasteiger partial charge is 0.337 e. The Labute approximate surface area is 158 Å². The Morgan fingerprint density at radius 2 is 1.85 bits per heavy atom. The van der Waals surface area contributed by atoms with E-state index >= 15 is 0 Å². The van der Waals surface area contributed by atoms with Crippen molar-refractivity contribution >= 4 is 29.4 Å². The first-order valence-corrected chi connectivity index (χ1v) is 8.57. The molecule has 0 unspecified atom stereocenters. The quantitative estimate of drug-likeness (QED) is 0.533. The van der Waals surface area contributed by atoms with Crippen LogP contribution in [0.1, 0.15) is 34.8 Å². The molecule has 0 saturated heterocycles. The molecule has 1 amide bonds. The molecule has 0 spiro atoms. The Morgan fingerprint density at radius 1 is 1.15 bits per heavy atom. The lowest BCUT2D eigenvalue weighted by Gasteiger charge is -2.09. The number of nitrogens with zero attached hydrogens (tertiary/aromatic N) is 1. The minimum atomic E-state index is -1.07. The van der Waals surface area contributed by atoms with Gasteiger partial charge in [0.1, 0.15) is 0 Å². The Bertz CT molecular complexity index is 881. The van der Waals surface area contributed by atoms with E-state index in [9.17, 15) is 9.59 Å². The first-order valence-electron chi connectivity index (χ1n) is 8.57. The number of aliphatic imine (C=N–C) groups is 1. The number of carbonyl (C=O) groups excluding carboxylic acids is 1. The number of anilines is 1. The topological polar surface area (TPSA) is 78.8 Å². The number of para-hydroxylation sites is 1. The van der Waals surface area contributed by atoms with E-state index in [0.29, 0.717) is 12.1 Å². The third kappa shape index (κ3) is 5.78. The summed E-state index contributed by atoms with van der Waals surface area (Å²) in [5.74, 6) is -1.29. The van der Waals surface area contributed by atoms with Crippen molar-refractivity contribution in [2.24, 2.45) is 4.99 Å². The Hall–Kier alpha value is -3.47. The number of carbonyl (C=O) groups is 2. The predicted molar refractivity (Wildman–Crippen MR) is 109 cm³/mol. The third-order valence-electron chi connectivity index (χ3n) is 3.94. The first kappa shape index (κ1) is 19.8. The van der Waals surface area contributed by atoms with Gasteiger partial charge in [-0.15, -0.1) is 0 Å². The molecule has 5 heteroatoms. The van der Waals surface area contributed by atoms with Gasteiger partial charge in [-0.05, 0) is 42.2 Å². The van der Waals surface area contributed by atoms with Crippen LogP contribution in [0.2, 0.25) is 0 Å². The highest BCUT2D eigenvalue weighted by Crippen LogP contribution is 2.18. The van der Waals surface area contributed by atoms with Crippen LogP contribution in [0, 0.1) is 0 Å². The number of carboxylic acids is 1. The number of aromatic carboxylic acids is 1. The van der Waals surface area contributed by atoms with Gasteiger partial charge in [0.25, 0.3) is 0 Å². The second-order valence-corrected chi connectivity index (χ2v) is 5.79. The highest BCUT2D eigenvalue weighted by molar-refractivity contribution is 6.00. The van der Waals surface area contributed by atoms with Gasteiger partial charge in [-0.25, -0.2) is 4.79 Å². The summed E-state index contributed by atoms with van der Waals surface area (Å²) >= 11 is 0. The summed E-state index contributed by atoms with van der Waals surface area (Å²) in [6.45, 7) is 5.64. The Kier molecular flexibility index (Phi) is 7.26. The molecule has 2 aromatic rings. The molecule has 2 aromatic carbocycles. The minimum Gasteiger partial charge on any atom is -0.478 e. The predicted octanol–water partition coefficient (Wildman–Crippen LogP) is 4.57. The van der Waals surface area contributed by atoms with E-state index in [1.807, 2.05) is 31.2 Å². The molecule has 0 aliphatic heterocycles. The zero-order chi connectivity index (χ0) is 19.6. The lowest BCUT2D eigenvalue weighted by atomic mass is 10.0. The summed E-state index contributed by atoms with van der Waals surface area (Å²) in [4.78, 5) is 27.5. The van der Waals surface area contributed by atoms with E-state index in [1.54, 1.807) is 36.7 Å². The number of rotatable bonds is 8. The standard InChI is InChI=1S/C22H22N2O3/c1-3-17(15-23-4-2)18-12-9-16(10-13-18)11-14-21(25)24-20-8-6-5-7-19(20)22(26)27/h3-10,12-13,15H,1,11,14H2,2H3,(H,24,25)(H,26,27)/b17-15+,23-4?. The molecule has 0 aliphatic rings. The Balaban J connectivity index is 1.98. The van der Waals surface area contributed by atoms with Gasteiger partial charge in [0.05, 0.1) is 11.3 Å². The third-order valence-corrected chi connectivity index (χ3v) is 3.94. The van der Waals surface area contributed by atoms with Gasteiger partial charge in [0, 0.05) is 18.8 Å². The number of hydrogen-bond donors (Lipinski definition) is 2. The average Bonchev–Trinajstić information content (AvgIpc) is 2.68. The molecule has 0 bridgehead atoms. The SMILES string of the molecule is C=C/C(=C\N=CC)c1ccc(CCC(=O)Nc2ccccc2C(=O)O)cc1. The zero-order valence-corrected chi connectivity index (χ0v) is 15.2. The zero-order valence-electron chi connectivity index (χ0n) is 15.2. The van der Waals surface area contributed by atoms with Crippen LogP contribution in [0.3, 0.4) is 0 Å². The first-order chi connectivity index (χ1) is 13.0. The molecule has 0 atom stereocenters. The summed E-state index contributed by atoms with van der Waals surface area (Å²) in [7, 11) is 0. The van der Waals surface area contributed by atoms with Crippen molar-refractivity contribution in [1.29, 1.82) is 0 Å². The molecule has 0 aliphatic carbocycles. The maximum atomic E-state index is 12.2. The van der Waals surface area contributed by atoms with Crippen LogP contribution >= 0.6 is 0 Å². The van der Waals surface area contributed by atoms with Crippen molar-refractivity contribution in [3.05, 3.63) is 84.1 Å². The van der Waals surface area contributed by atoms with Gasteiger partial charge in [0.2, 0.25) is 5.91 Å². The maximum Gasteiger partial charge on any atom is 0.337 e. The van der Waals surface area contributed by atoms with Gasteiger partial charge in [-0.2, -0.15) is 0 Å². The van der Waals surface area contributed by atoms with E-state index in [-0.39, 0.29) is 17.9 Å². The van der Waals surface area contributed by atoms with Crippen molar-refractivity contribution in [3.63, 3.8) is 0 Å². The number of carboxylic acid groups (broad SMARTS) is 1. The van der Waals surface area contributed by atoms with E-state index in [4.69, 9.17) is 5.11 Å². The van der Waals surface area contributed by atoms with Crippen LogP contribution in [-0.2, 0) is 11.2 Å². The van der Waals surface area contributed by atoms with Crippen LogP contribution in [0.15, 0.2) is 72.4 Å².